The van der Waals surface area contributed by atoms with Crippen molar-refractivity contribution < 1.29 is 27.7 Å². The predicted molar refractivity (Wildman–Crippen MR) is 190 cm³/mol. The van der Waals surface area contributed by atoms with Crippen molar-refractivity contribution in [2.45, 2.75) is 50.7 Å². The SMILES string of the molecule is COc1ccc(Cl)cc1N(CC(=O)N(Cc1ccccc1Cl)C(Cc1ccccc1)C(=O)NC(C)C)S(=O)(=O)c1ccc(C)c([N+](=O)[O-])c1. The number of sulfonamides is 1. The Balaban J connectivity index is 1.90. The Morgan fingerprint density at radius 2 is 1.63 bits per heavy atom. The van der Waals surface area contributed by atoms with E-state index in [0.717, 1.165) is 15.9 Å². The van der Waals surface area contributed by atoms with Gasteiger partial charge >= 0.3 is 0 Å². The van der Waals surface area contributed by atoms with Crippen molar-refractivity contribution in [2.24, 2.45) is 0 Å². The molecular formula is C35H36Cl2N4O7S. The lowest BCUT2D eigenvalue weighted by molar-refractivity contribution is -0.385. The minimum Gasteiger partial charge on any atom is -0.495 e. The van der Waals surface area contributed by atoms with Gasteiger partial charge < -0.3 is 15.0 Å². The first-order valence-electron chi connectivity index (χ1n) is 15.2. The van der Waals surface area contributed by atoms with Crippen molar-refractivity contribution in [3.8, 4) is 5.75 Å². The van der Waals surface area contributed by atoms with Gasteiger partial charge in [-0.1, -0.05) is 77.8 Å². The molecule has 0 aliphatic heterocycles. The Kier molecular flexibility index (Phi) is 12.3. The molecule has 1 atom stereocenters. The molecule has 0 aromatic heterocycles. The highest BCUT2D eigenvalue weighted by Crippen LogP contribution is 2.36. The van der Waals surface area contributed by atoms with E-state index in [1.807, 2.05) is 30.3 Å². The van der Waals surface area contributed by atoms with Crippen LogP contribution >= 0.6 is 23.2 Å². The van der Waals surface area contributed by atoms with Crippen LogP contribution in [0.15, 0.2) is 95.9 Å². The highest BCUT2D eigenvalue weighted by Gasteiger charge is 2.36. The summed E-state index contributed by atoms with van der Waals surface area (Å²) in [5.41, 5.74) is 1.03. The fourth-order valence-electron chi connectivity index (χ4n) is 5.19. The fourth-order valence-corrected chi connectivity index (χ4v) is 6.99. The molecule has 0 aliphatic carbocycles. The van der Waals surface area contributed by atoms with E-state index in [1.165, 1.54) is 49.3 Å². The van der Waals surface area contributed by atoms with Crippen molar-refractivity contribution in [2.75, 3.05) is 18.0 Å². The number of nitro benzene ring substituents is 1. The fraction of sp³-hybridized carbons (Fsp3) is 0.257. The molecule has 0 saturated carbocycles. The molecule has 0 aliphatic rings. The molecule has 0 bridgehead atoms. The Bertz CT molecular complexity index is 1940. The Labute approximate surface area is 295 Å². The van der Waals surface area contributed by atoms with Gasteiger partial charge in [0.05, 0.1) is 22.6 Å². The van der Waals surface area contributed by atoms with E-state index in [1.54, 1.807) is 38.1 Å². The van der Waals surface area contributed by atoms with Gasteiger partial charge in [0.15, 0.2) is 0 Å². The maximum atomic E-state index is 14.7. The predicted octanol–water partition coefficient (Wildman–Crippen LogP) is 6.58. The van der Waals surface area contributed by atoms with E-state index in [2.05, 4.69) is 5.32 Å². The second kappa shape index (κ2) is 16.2. The number of hydrogen-bond donors (Lipinski definition) is 1. The van der Waals surface area contributed by atoms with Crippen molar-refractivity contribution in [1.29, 1.82) is 0 Å². The topological polar surface area (TPSA) is 139 Å². The quantitative estimate of drug-likeness (QED) is 0.114. The highest BCUT2D eigenvalue weighted by molar-refractivity contribution is 7.92. The summed E-state index contributed by atoms with van der Waals surface area (Å²) in [4.78, 5) is 40.5. The largest absolute Gasteiger partial charge is 0.495 e. The van der Waals surface area contributed by atoms with Gasteiger partial charge in [0, 0.05) is 40.7 Å². The van der Waals surface area contributed by atoms with E-state index in [-0.39, 0.29) is 41.0 Å². The van der Waals surface area contributed by atoms with Gasteiger partial charge in [-0.3, -0.25) is 24.0 Å². The number of nitro groups is 1. The summed E-state index contributed by atoms with van der Waals surface area (Å²) in [6.07, 6.45) is 0.104. The van der Waals surface area contributed by atoms with Crippen LogP contribution in [0.3, 0.4) is 0 Å². The maximum Gasteiger partial charge on any atom is 0.273 e. The molecule has 14 heteroatoms. The third-order valence-electron chi connectivity index (χ3n) is 7.65. The van der Waals surface area contributed by atoms with Crippen LogP contribution in [-0.2, 0) is 32.6 Å². The first kappa shape index (κ1) is 37.2. The number of halogens is 2. The number of carbonyl (C=O) groups excluding carboxylic acids is 2. The Morgan fingerprint density at radius 1 is 0.959 bits per heavy atom. The molecule has 0 spiro atoms. The van der Waals surface area contributed by atoms with Gasteiger partial charge in [0.2, 0.25) is 11.8 Å². The summed E-state index contributed by atoms with van der Waals surface area (Å²) in [5, 5.41) is 15.1. The molecule has 0 saturated heterocycles. The van der Waals surface area contributed by atoms with Gasteiger partial charge in [-0.2, -0.15) is 0 Å². The second-order valence-corrected chi connectivity index (χ2v) is 14.2. The number of nitrogens with one attached hydrogen (secondary N) is 1. The number of aryl methyl sites for hydroxylation is 1. The zero-order chi connectivity index (χ0) is 35.9. The monoisotopic (exact) mass is 726 g/mol. The summed E-state index contributed by atoms with van der Waals surface area (Å²) in [6.45, 7) is 4.09. The van der Waals surface area contributed by atoms with Crippen LogP contribution in [0.1, 0.15) is 30.5 Å². The number of ether oxygens (including phenoxy) is 1. The summed E-state index contributed by atoms with van der Waals surface area (Å²) in [7, 11) is -3.37. The molecule has 0 heterocycles. The Morgan fingerprint density at radius 3 is 2.27 bits per heavy atom. The van der Waals surface area contributed by atoms with E-state index in [4.69, 9.17) is 27.9 Å². The number of rotatable bonds is 14. The normalized spacial score (nSPS) is 11.9. The number of hydrogen-bond acceptors (Lipinski definition) is 7. The van der Waals surface area contributed by atoms with E-state index in [9.17, 15) is 28.1 Å². The molecule has 0 fully saturated rings. The molecule has 2 amide bonds. The van der Waals surface area contributed by atoms with Crippen molar-refractivity contribution in [3.63, 3.8) is 0 Å². The van der Waals surface area contributed by atoms with Gasteiger partial charge in [-0.25, -0.2) is 8.42 Å². The number of anilines is 1. The number of amides is 2. The third kappa shape index (κ3) is 9.08. The molecule has 11 nitrogen and oxygen atoms in total. The summed E-state index contributed by atoms with van der Waals surface area (Å²) < 4.78 is 35.1. The van der Waals surface area contributed by atoms with E-state index >= 15 is 0 Å². The second-order valence-electron chi connectivity index (χ2n) is 11.5. The van der Waals surface area contributed by atoms with Crippen LogP contribution in [-0.4, -0.2) is 55.8 Å². The molecule has 4 aromatic rings. The van der Waals surface area contributed by atoms with Gasteiger partial charge in [-0.15, -0.1) is 0 Å². The summed E-state index contributed by atoms with van der Waals surface area (Å²) >= 11 is 12.9. The van der Waals surface area contributed by atoms with E-state index < -0.39 is 49.9 Å². The zero-order valence-electron chi connectivity index (χ0n) is 27.3. The van der Waals surface area contributed by atoms with Crippen molar-refractivity contribution in [1.82, 2.24) is 10.2 Å². The van der Waals surface area contributed by atoms with Crippen LogP contribution in [0, 0.1) is 17.0 Å². The van der Waals surface area contributed by atoms with Crippen molar-refractivity contribution >= 4 is 56.4 Å². The van der Waals surface area contributed by atoms with E-state index in [0.29, 0.717) is 10.6 Å². The lowest BCUT2D eigenvalue weighted by Crippen LogP contribution is -2.54. The average molecular weight is 728 g/mol. The minimum atomic E-state index is -4.69. The molecular weight excluding hydrogens is 691 g/mol. The molecule has 4 rings (SSSR count). The Hall–Kier alpha value is -4.65. The number of carbonyl (C=O) groups is 2. The van der Waals surface area contributed by atoms with Crippen LogP contribution < -0.4 is 14.4 Å². The van der Waals surface area contributed by atoms with Crippen molar-refractivity contribution in [3.05, 3.63) is 128 Å². The molecule has 49 heavy (non-hydrogen) atoms. The lowest BCUT2D eigenvalue weighted by Gasteiger charge is -2.34. The molecule has 0 radical (unpaired) electrons. The average Bonchev–Trinajstić information content (AvgIpc) is 3.05. The number of benzene rings is 4. The smallest absolute Gasteiger partial charge is 0.273 e. The number of nitrogens with zero attached hydrogens (tertiary/aromatic N) is 3. The van der Waals surface area contributed by atoms with Gasteiger partial charge in [0.1, 0.15) is 18.3 Å². The third-order valence-corrected chi connectivity index (χ3v) is 10.0. The first-order valence-corrected chi connectivity index (χ1v) is 17.4. The van der Waals surface area contributed by atoms with Crippen LogP contribution in [0.25, 0.3) is 0 Å². The number of methoxy groups -OCH3 is 1. The minimum absolute atomic E-state index is 0.0680. The highest BCUT2D eigenvalue weighted by atomic mass is 35.5. The molecule has 1 N–H and O–H groups in total. The van der Waals surface area contributed by atoms with Crippen LogP contribution in [0.4, 0.5) is 11.4 Å². The summed E-state index contributed by atoms with van der Waals surface area (Å²) in [6, 6.07) is 22.3. The zero-order valence-corrected chi connectivity index (χ0v) is 29.6. The summed E-state index contributed by atoms with van der Waals surface area (Å²) in [5.74, 6) is -1.14. The lowest BCUT2D eigenvalue weighted by atomic mass is 10.0. The van der Waals surface area contributed by atoms with Gasteiger partial charge in [-0.05, 0) is 62.2 Å². The first-order chi connectivity index (χ1) is 23.2. The van der Waals surface area contributed by atoms with Crippen LogP contribution in [0.2, 0.25) is 10.0 Å². The molecule has 258 valence electrons. The maximum absolute atomic E-state index is 14.7. The van der Waals surface area contributed by atoms with Crippen LogP contribution in [0.5, 0.6) is 5.75 Å². The molecule has 4 aromatic carbocycles. The standard InChI is InChI=1S/C35H36Cl2N4O7S/c1-23(2)38-35(43)32(18-25-10-6-5-7-11-25)39(21-26-12-8-9-13-29(26)37)34(42)22-40(31-19-27(36)15-17-33(31)48-4)49(46,47)28-16-14-24(3)30(20-28)41(44)45/h5-17,19-20,23,32H,18,21-22H2,1-4H3,(H,38,43). The van der Waals surface area contributed by atoms with Gasteiger partial charge in [0.25, 0.3) is 15.7 Å². The molecule has 1 unspecified atom stereocenters.